The minimum Gasteiger partial charge on any atom is -0.314 e. The van der Waals surface area contributed by atoms with Gasteiger partial charge in [-0.15, -0.1) is 6.42 Å². The van der Waals surface area contributed by atoms with E-state index in [1.807, 2.05) is 0 Å². The standard InChI is InChI=1S/C14H25N3/c1-3-7-17-9-5-14(6-10-17)15-11-13-4-8-16(2)12-13/h1,13-15H,4-12H2,2H3. The van der Waals surface area contributed by atoms with E-state index in [2.05, 4.69) is 28.1 Å². The van der Waals surface area contributed by atoms with E-state index in [-0.39, 0.29) is 0 Å². The molecule has 2 aliphatic heterocycles. The second-order valence-corrected chi connectivity index (χ2v) is 5.58. The summed E-state index contributed by atoms with van der Waals surface area (Å²) in [6.07, 6.45) is 9.21. The van der Waals surface area contributed by atoms with Gasteiger partial charge in [0, 0.05) is 25.7 Å². The molecule has 0 aromatic carbocycles. The first kappa shape index (κ1) is 12.9. The van der Waals surface area contributed by atoms with Gasteiger partial charge >= 0.3 is 0 Å². The van der Waals surface area contributed by atoms with Crippen molar-refractivity contribution in [2.75, 3.05) is 46.3 Å². The number of terminal acetylenes is 1. The summed E-state index contributed by atoms with van der Waals surface area (Å²) in [5.41, 5.74) is 0. The highest BCUT2D eigenvalue weighted by atomic mass is 15.1. The Labute approximate surface area is 106 Å². The summed E-state index contributed by atoms with van der Waals surface area (Å²) in [6.45, 7) is 6.87. The average molecular weight is 235 g/mol. The first-order valence-electron chi connectivity index (χ1n) is 6.85. The molecular weight excluding hydrogens is 210 g/mol. The highest BCUT2D eigenvalue weighted by molar-refractivity contribution is 4.90. The number of piperidine rings is 1. The van der Waals surface area contributed by atoms with Gasteiger partial charge in [0.15, 0.2) is 0 Å². The van der Waals surface area contributed by atoms with Crippen molar-refractivity contribution in [3.05, 3.63) is 0 Å². The largest absolute Gasteiger partial charge is 0.314 e. The molecule has 1 atom stereocenters. The predicted molar refractivity (Wildman–Crippen MR) is 71.9 cm³/mol. The Morgan fingerprint density at radius 1 is 1.24 bits per heavy atom. The lowest BCUT2D eigenvalue weighted by molar-refractivity contribution is 0.214. The maximum atomic E-state index is 5.34. The molecule has 0 aromatic rings. The van der Waals surface area contributed by atoms with Gasteiger partial charge in [0.2, 0.25) is 0 Å². The van der Waals surface area contributed by atoms with E-state index in [0.717, 1.165) is 31.6 Å². The van der Waals surface area contributed by atoms with Crippen molar-refractivity contribution < 1.29 is 0 Å². The average Bonchev–Trinajstić information content (AvgIpc) is 2.75. The molecule has 17 heavy (non-hydrogen) atoms. The highest BCUT2D eigenvalue weighted by Gasteiger charge is 2.22. The summed E-state index contributed by atoms with van der Waals surface area (Å²) in [5.74, 6) is 3.60. The van der Waals surface area contributed by atoms with Gasteiger partial charge in [-0.1, -0.05) is 5.92 Å². The molecule has 2 fully saturated rings. The van der Waals surface area contributed by atoms with Gasteiger partial charge in [0.1, 0.15) is 0 Å². The summed E-state index contributed by atoms with van der Waals surface area (Å²) in [5, 5.41) is 3.74. The molecule has 0 aliphatic carbocycles. The molecule has 0 saturated carbocycles. The van der Waals surface area contributed by atoms with Crippen LogP contribution in [0.4, 0.5) is 0 Å². The lowest BCUT2D eigenvalue weighted by atomic mass is 10.0. The van der Waals surface area contributed by atoms with Crippen LogP contribution in [-0.2, 0) is 0 Å². The number of nitrogens with zero attached hydrogens (tertiary/aromatic N) is 2. The van der Waals surface area contributed by atoms with Crippen molar-refractivity contribution in [3.8, 4) is 12.3 Å². The Balaban J connectivity index is 1.60. The molecule has 2 aliphatic rings. The van der Waals surface area contributed by atoms with Crippen molar-refractivity contribution in [1.29, 1.82) is 0 Å². The molecule has 0 spiro atoms. The van der Waals surface area contributed by atoms with Crippen LogP contribution >= 0.6 is 0 Å². The van der Waals surface area contributed by atoms with Crippen LogP contribution in [0.15, 0.2) is 0 Å². The van der Waals surface area contributed by atoms with E-state index in [1.54, 1.807) is 0 Å². The van der Waals surface area contributed by atoms with Gasteiger partial charge in [0.05, 0.1) is 6.54 Å². The van der Waals surface area contributed by atoms with Gasteiger partial charge in [-0.05, 0) is 45.3 Å². The fraction of sp³-hybridized carbons (Fsp3) is 0.857. The van der Waals surface area contributed by atoms with Crippen molar-refractivity contribution in [2.24, 2.45) is 5.92 Å². The van der Waals surface area contributed by atoms with Crippen molar-refractivity contribution in [1.82, 2.24) is 15.1 Å². The van der Waals surface area contributed by atoms with Crippen LogP contribution in [0.1, 0.15) is 19.3 Å². The van der Waals surface area contributed by atoms with Crippen molar-refractivity contribution >= 4 is 0 Å². The minimum atomic E-state index is 0.718. The lowest BCUT2D eigenvalue weighted by Gasteiger charge is -2.31. The zero-order chi connectivity index (χ0) is 12.1. The zero-order valence-electron chi connectivity index (χ0n) is 11.0. The van der Waals surface area contributed by atoms with Crippen LogP contribution in [0, 0.1) is 18.3 Å². The number of likely N-dealkylation sites (tertiary alicyclic amines) is 2. The SMILES string of the molecule is C#CCN1CCC(NCC2CCN(C)C2)CC1. The Morgan fingerprint density at radius 2 is 2.00 bits per heavy atom. The van der Waals surface area contributed by atoms with Crippen LogP contribution in [0.25, 0.3) is 0 Å². The van der Waals surface area contributed by atoms with Crippen molar-refractivity contribution in [3.63, 3.8) is 0 Å². The maximum Gasteiger partial charge on any atom is 0.0598 e. The van der Waals surface area contributed by atoms with E-state index in [4.69, 9.17) is 6.42 Å². The molecule has 0 radical (unpaired) electrons. The molecule has 2 saturated heterocycles. The van der Waals surface area contributed by atoms with E-state index in [9.17, 15) is 0 Å². The van der Waals surface area contributed by atoms with Crippen LogP contribution in [0.3, 0.4) is 0 Å². The summed E-state index contributed by atoms with van der Waals surface area (Å²) in [7, 11) is 2.22. The van der Waals surface area contributed by atoms with Crippen LogP contribution < -0.4 is 5.32 Å². The summed E-state index contributed by atoms with van der Waals surface area (Å²) < 4.78 is 0. The second-order valence-electron chi connectivity index (χ2n) is 5.58. The molecule has 0 amide bonds. The molecule has 3 nitrogen and oxygen atoms in total. The number of rotatable bonds is 4. The Kier molecular flexibility index (Phi) is 4.85. The molecule has 1 N–H and O–H groups in total. The van der Waals surface area contributed by atoms with Gasteiger partial charge in [0.25, 0.3) is 0 Å². The fourth-order valence-electron chi connectivity index (χ4n) is 2.95. The second kappa shape index (κ2) is 6.39. The normalized spacial score (nSPS) is 28.4. The molecule has 1 unspecified atom stereocenters. The third-order valence-electron chi connectivity index (χ3n) is 4.09. The Morgan fingerprint density at radius 3 is 2.59 bits per heavy atom. The molecule has 96 valence electrons. The number of hydrogen-bond donors (Lipinski definition) is 1. The third-order valence-corrected chi connectivity index (χ3v) is 4.09. The van der Waals surface area contributed by atoms with Gasteiger partial charge < -0.3 is 10.2 Å². The van der Waals surface area contributed by atoms with Crippen LogP contribution in [0.2, 0.25) is 0 Å². The smallest absolute Gasteiger partial charge is 0.0598 e. The van der Waals surface area contributed by atoms with Gasteiger partial charge in [-0.3, -0.25) is 4.90 Å². The lowest BCUT2D eigenvalue weighted by Crippen LogP contribution is -2.44. The molecular formula is C14H25N3. The minimum absolute atomic E-state index is 0.718. The molecule has 0 aromatic heterocycles. The van der Waals surface area contributed by atoms with Crippen LogP contribution in [-0.4, -0.2) is 62.2 Å². The Bertz CT molecular complexity index is 263. The summed E-state index contributed by atoms with van der Waals surface area (Å²) in [6, 6.07) is 0.718. The molecule has 3 heteroatoms. The Hall–Kier alpha value is -0.560. The van der Waals surface area contributed by atoms with E-state index < -0.39 is 0 Å². The number of nitrogens with one attached hydrogen (secondary N) is 1. The van der Waals surface area contributed by atoms with Gasteiger partial charge in [-0.2, -0.15) is 0 Å². The quantitative estimate of drug-likeness (QED) is 0.721. The first-order chi connectivity index (χ1) is 8.28. The third kappa shape index (κ3) is 3.99. The molecule has 2 rings (SSSR count). The molecule has 2 heterocycles. The fourth-order valence-corrected chi connectivity index (χ4v) is 2.95. The van der Waals surface area contributed by atoms with Crippen molar-refractivity contribution in [2.45, 2.75) is 25.3 Å². The zero-order valence-corrected chi connectivity index (χ0v) is 11.0. The monoisotopic (exact) mass is 235 g/mol. The summed E-state index contributed by atoms with van der Waals surface area (Å²) >= 11 is 0. The van der Waals surface area contributed by atoms with E-state index in [0.29, 0.717) is 0 Å². The number of hydrogen-bond acceptors (Lipinski definition) is 3. The predicted octanol–water partition coefficient (Wildman–Crippen LogP) is 0.625. The van der Waals surface area contributed by atoms with Crippen LogP contribution in [0.5, 0.6) is 0 Å². The van der Waals surface area contributed by atoms with Gasteiger partial charge in [-0.25, -0.2) is 0 Å². The molecule has 0 bridgehead atoms. The first-order valence-corrected chi connectivity index (χ1v) is 6.85. The van der Waals surface area contributed by atoms with E-state index >= 15 is 0 Å². The summed E-state index contributed by atoms with van der Waals surface area (Å²) in [4.78, 5) is 4.81. The highest BCUT2D eigenvalue weighted by Crippen LogP contribution is 2.15. The maximum absolute atomic E-state index is 5.34. The van der Waals surface area contributed by atoms with E-state index in [1.165, 1.54) is 38.9 Å². The topological polar surface area (TPSA) is 18.5 Å².